The van der Waals surface area contributed by atoms with Gasteiger partial charge in [-0.15, -0.1) is 0 Å². The highest BCUT2D eigenvalue weighted by atomic mass is 79.9. The average molecular weight is 340 g/mol. The number of alkyl halides is 1. The predicted molar refractivity (Wildman–Crippen MR) is 77.3 cm³/mol. The van der Waals surface area contributed by atoms with Gasteiger partial charge in [-0.2, -0.15) is 0 Å². The van der Waals surface area contributed by atoms with Gasteiger partial charge in [0.1, 0.15) is 5.82 Å². The minimum absolute atomic E-state index is 0.283. The Labute approximate surface area is 116 Å². The summed E-state index contributed by atoms with van der Waals surface area (Å²) in [7, 11) is -1.47. The minimum atomic E-state index is -1.47. The molecule has 1 N–H and O–H groups in total. The van der Waals surface area contributed by atoms with Crippen LogP contribution in [-0.2, 0) is 5.60 Å². The normalized spacial score (nSPS) is 15.7. The highest BCUT2D eigenvalue weighted by Crippen LogP contribution is 2.36. The van der Waals surface area contributed by atoms with Crippen molar-refractivity contribution in [2.45, 2.75) is 31.3 Å². The molecule has 0 saturated carbocycles. The fourth-order valence-corrected chi connectivity index (χ4v) is 5.24. The van der Waals surface area contributed by atoms with E-state index >= 15 is 0 Å². The van der Waals surface area contributed by atoms with Gasteiger partial charge in [0.25, 0.3) is 0 Å². The molecule has 1 nitrogen and oxygen atoms in total. The van der Waals surface area contributed by atoms with Crippen molar-refractivity contribution in [3.63, 3.8) is 0 Å². The molecule has 0 spiro atoms. The molecule has 0 aliphatic carbocycles. The average Bonchev–Trinajstić information content (AvgIpc) is 2.14. The van der Waals surface area contributed by atoms with Crippen molar-refractivity contribution in [3.8, 4) is 0 Å². The van der Waals surface area contributed by atoms with Crippen molar-refractivity contribution in [3.05, 3.63) is 34.6 Å². The highest BCUT2D eigenvalue weighted by molar-refractivity contribution is 9.09. The third kappa shape index (κ3) is 4.05. The molecule has 0 aromatic heterocycles. The zero-order valence-electron chi connectivity index (χ0n) is 10.2. The number of hydrogen-bond acceptors (Lipinski definition) is 1. The lowest BCUT2D eigenvalue weighted by atomic mass is 9.98. The van der Waals surface area contributed by atoms with Gasteiger partial charge in [-0.05, 0) is 18.2 Å². The minimum Gasteiger partial charge on any atom is -0.385 e. The molecule has 0 heterocycles. The molecule has 17 heavy (non-hydrogen) atoms. The molecule has 1 aromatic rings. The van der Waals surface area contributed by atoms with Gasteiger partial charge in [-0.3, -0.25) is 0 Å². The molecule has 0 saturated heterocycles. The lowest BCUT2D eigenvalue weighted by molar-refractivity contribution is 0.0837. The molecule has 1 rings (SSSR count). The van der Waals surface area contributed by atoms with Gasteiger partial charge >= 0.3 is 0 Å². The van der Waals surface area contributed by atoms with Gasteiger partial charge in [0, 0.05) is 24.0 Å². The molecular formula is C12H17BrClFOSi. The Morgan fingerprint density at radius 3 is 2.41 bits per heavy atom. The van der Waals surface area contributed by atoms with Crippen LogP contribution in [0.15, 0.2) is 18.2 Å². The summed E-state index contributed by atoms with van der Waals surface area (Å²) >= 11 is 9.35. The van der Waals surface area contributed by atoms with Crippen molar-refractivity contribution in [2.24, 2.45) is 0 Å². The Balaban J connectivity index is 3.16. The van der Waals surface area contributed by atoms with Crippen LogP contribution in [-0.4, -0.2) is 18.5 Å². The monoisotopic (exact) mass is 338 g/mol. The van der Waals surface area contributed by atoms with E-state index in [-0.39, 0.29) is 10.8 Å². The standard InChI is InChI=1S/C12H17BrClFOSi/c1-17(2,3)8-12(16,7-13)10-5-4-9(15)6-11(10)14/h4-6,16H,7-8H2,1-3H3. The van der Waals surface area contributed by atoms with E-state index < -0.39 is 13.7 Å². The van der Waals surface area contributed by atoms with Crippen LogP contribution >= 0.6 is 27.5 Å². The summed E-state index contributed by atoms with van der Waals surface area (Å²) in [5.41, 5.74) is -0.421. The molecule has 0 bridgehead atoms. The second-order valence-corrected chi connectivity index (χ2v) is 12.0. The smallest absolute Gasteiger partial charge is 0.124 e. The lowest BCUT2D eigenvalue weighted by Gasteiger charge is -2.33. The maximum atomic E-state index is 13.0. The van der Waals surface area contributed by atoms with E-state index in [1.807, 2.05) is 0 Å². The van der Waals surface area contributed by atoms with E-state index in [1.54, 1.807) is 6.07 Å². The van der Waals surface area contributed by atoms with Crippen molar-refractivity contribution in [1.29, 1.82) is 0 Å². The Hall–Kier alpha value is 0.0969. The predicted octanol–water partition coefficient (Wildman–Crippen LogP) is 4.40. The fraction of sp³-hybridized carbons (Fsp3) is 0.500. The third-order valence-electron chi connectivity index (χ3n) is 2.48. The van der Waals surface area contributed by atoms with Crippen molar-refractivity contribution < 1.29 is 9.50 Å². The van der Waals surface area contributed by atoms with Crippen molar-refractivity contribution >= 4 is 35.6 Å². The van der Waals surface area contributed by atoms with Crippen LogP contribution in [0.5, 0.6) is 0 Å². The zero-order chi connectivity index (χ0) is 13.3. The fourth-order valence-electron chi connectivity index (χ4n) is 1.96. The lowest BCUT2D eigenvalue weighted by Crippen LogP contribution is -2.37. The first-order valence-electron chi connectivity index (χ1n) is 5.42. The van der Waals surface area contributed by atoms with Crippen LogP contribution in [0.25, 0.3) is 0 Å². The largest absolute Gasteiger partial charge is 0.385 e. The number of rotatable bonds is 4. The van der Waals surface area contributed by atoms with Gasteiger partial charge in [0.15, 0.2) is 0 Å². The summed E-state index contributed by atoms with van der Waals surface area (Å²) in [6, 6.07) is 4.82. The topological polar surface area (TPSA) is 20.2 Å². The van der Waals surface area contributed by atoms with Crippen LogP contribution in [0.1, 0.15) is 5.56 Å². The van der Waals surface area contributed by atoms with E-state index in [4.69, 9.17) is 11.6 Å². The van der Waals surface area contributed by atoms with Crippen LogP contribution < -0.4 is 0 Å². The van der Waals surface area contributed by atoms with E-state index in [9.17, 15) is 9.50 Å². The molecule has 0 amide bonds. The molecule has 0 aliphatic rings. The molecule has 0 fully saturated rings. The van der Waals surface area contributed by atoms with E-state index in [0.717, 1.165) is 0 Å². The highest BCUT2D eigenvalue weighted by Gasteiger charge is 2.35. The maximum absolute atomic E-state index is 13.0. The summed E-state index contributed by atoms with van der Waals surface area (Å²) in [6.07, 6.45) is 0. The quantitative estimate of drug-likeness (QED) is 0.637. The first-order chi connectivity index (χ1) is 7.68. The molecule has 5 heteroatoms. The summed E-state index contributed by atoms with van der Waals surface area (Å²) in [5, 5.41) is 11.4. The second-order valence-electron chi connectivity index (χ2n) is 5.53. The summed E-state index contributed by atoms with van der Waals surface area (Å²) in [5.74, 6) is -0.385. The van der Waals surface area contributed by atoms with E-state index in [2.05, 4.69) is 35.6 Å². The maximum Gasteiger partial charge on any atom is 0.124 e. The first-order valence-corrected chi connectivity index (χ1v) is 10.6. The number of benzene rings is 1. The first kappa shape index (κ1) is 15.2. The molecule has 0 aliphatic heterocycles. The van der Waals surface area contributed by atoms with Gasteiger partial charge in [-0.1, -0.05) is 53.2 Å². The van der Waals surface area contributed by atoms with E-state index in [0.29, 0.717) is 16.9 Å². The number of hydrogen-bond donors (Lipinski definition) is 1. The number of aliphatic hydroxyl groups is 1. The van der Waals surface area contributed by atoms with Gasteiger partial charge in [-0.25, -0.2) is 4.39 Å². The summed E-state index contributed by atoms with van der Waals surface area (Å²) < 4.78 is 13.0. The van der Waals surface area contributed by atoms with Gasteiger partial charge < -0.3 is 5.11 Å². The van der Waals surface area contributed by atoms with Crippen LogP contribution in [0.2, 0.25) is 30.7 Å². The Morgan fingerprint density at radius 1 is 1.41 bits per heavy atom. The summed E-state index contributed by atoms with van der Waals surface area (Å²) in [4.78, 5) is 0. The Morgan fingerprint density at radius 2 is 2.00 bits per heavy atom. The molecule has 96 valence electrons. The number of halogens is 3. The summed E-state index contributed by atoms with van der Waals surface area (Å²) in [6.45, 7) is 6.54. The van der Waals surface area contributed by atoms with Crippen LogP contribution in [0, 0.1) is 5.82 Å². The van der Waals surface area contributed by atoms with Crippen LogP contribution in [0.4, 0.5) is 4.39 Å². The van der Waals surface area contributed by atoms with E-state index in [1.165, 1.54) is 12.1 Å². The zero-order valence-corrected chi connectivity index (χ0v) is 13.6. The Kier molecular flexibility index (Phi) is 4.80. The van der Waals surface area contributed by atoms with Crippen LogP contribution in [0.3, 0.4) is 0 Å². The SMILES string of the molecule is C[Si](C)(C)CC(O)(CBr)c1ccc(F)cc1Cl. The van der Waals surface area contributed by atoms with Crippen molar-refractivity contribution in [2.75, 3.05) is 5.33 Å². The third-order valence-corrected chi connectivity index (χ3v) is 5.36. The molecular weight excluding hydrogens is 323 g/mol. The van der Waals surface area contributed by atoms with Crippen molar-refractivity contribution in [1.82, 2.24) is 0 Å². The van der Waals surface area contributed by atoms with Gasteiger partial charge in [0.2, 0.25) is 0 Å². The molecule has 1 aromatic carbocycles. The molecule has 1 unspecified atom stereocenters. The molecule has 0 radical (unpaired) electrons. The van der Waals surface area contributed by atoms with Gasteiger partial charge in [0.05, 0.1) is 5.60 Å². The molecule has 1 atom stereocenters. The second kappa shape index (κ2) is 5.39. The Bertz CT molecular complexity index is 408.